The molecule has 7 nitrogen and oxygen atoms in total. The number of hydrogen-bond donors (Lipinski definition) is 1. The van der Waals surface area contributed by atoms with E-state index in [1.54, 1.807) is 10.9 Å². The van der Waals surface area contributed by atoms with Gasteiger partial charge in [0.2, 0.25) is 5.91 Å². The van der Waals surface area contributed by atoms with E-state index in [0.29, 0.717) is 6.54 Å². The van der Waals surface area contributed by atoms with Crippen molar-refractivity contribution in [2.24, 2.45) is 5.92 Å². The zero-order valence-corrected chi connectivity index (χ0v) is 13.7. The van der Waals surface area contributed by atoms with Crippen molar-refractivity contribution in [3.63, 3.8) is 0 Å². The Morgan fingerprint density at radius 1 is 1.32 bits per heavy atom. The number of carbonyl (C=O) groups excluding carboxylic acids is 1. The van der Waals surface area contributed by atoms with Crippen LogP contribution in [0.3, 0.4) is 0 Å². The molecule has 0 saturated carbocycles. The van der Waals surface area contributed by atoms with Gasteiger partial charge in [0, 0.05) is 18.6 Å². The number of aromatic nitrogens is 4. The number of ether oxygens (including phenoxy) is 1. The smallest absolute Gasteiger partial charge is 0.230 e. The van der Waals surface area contributed by atoms with E-state index in [-0.39, 0.29) is 24.0 Å². The number of hydrogen-bond acceptors (Lipinski definition) is 4. The van der Waals surface area contributed by atoms with Gasteiger partial charge in [0.1, 0.15) is 5.65 Å². The molecule has 3 aromatic heterocycles. The molecular weight excluding hydrogens is 318 g/mol. The van der Waals surface area contributed by atoms with E-state index >= 15 is 0 Å². The minimum atomic E-state index is -0.0273. The highest BCUT2D eigenvalue weighted by atomic mass is 16.5. The lowest BCUT2D eigenvalue weighted by Gasteiger charge is -2.17. The van der Waals surface area contributed by atoms with Gasteiger partial charge < -0.3 is 14.5 Å². The van der Waals surface area contributed by atoms with E-state index in [2.05, 4.69) is 15.4 Å². The Morgan fingerprint density at radius 2 is 2.28 bits per heavy atom. The van der Waals surface area contributed by atoms with Crippen molar-refractivity contribution in [1.82, 2.24) is 19.2 Å². The topological polar surface area (TPSA) is 73.5 Å². The van der Waals surface area contributed by atoms with Crippen LogP contribution in [-0.2, 0) is 16.1 Å². The highest BCUT2D eigenvalue weighted by molar-refractivity contribution is 5.93. The summed E-state index contributed by atoms with van der Waals surface area (Å²) in [7, 11) is 0. The Balaban J connectivity index is 1.26. The second-order valence-electron chi connectivity index (χ2n) is 6.83. The number of carbonyl (C=O) groups is 1. The van der Waals surface area contributed by atoms with Gasteiger partial charge in [-0.05, 0) is 31.4 Å². The number of anilines is 1. The molecule has 1 amide bonds. The number of amides is 1. The Kier molecular flexibility index (Phi) is 3.34. The molecule has 3 aromatic rings. The average Bonchev–Trinajstić information content (AvgIpc) is 3.38. The Bertz CT molecular complexity index is 897. The highest BCUT2D eigenvalue weighted by Crippen LogP contribution is 2.39. The molecule has 128 valence electrons. The van der Waals surface area contributed by atoms with E-state index in [4.69, 9.17) is 4.74 Å². The molecular formula is C18H19N5O2. The maximum absolute atomic E-state index is 12.4. The molecule has 7 heteroatoms. The van der Waals surface area contributed by atoms with Crippen LogP contribution in [0.1, 0.15) is 25.0 Å². The van der Waals surface area contributed by atoms with E-state index in [9.17, 15) is 4.79 Å². The lowest BCUT2D eigenvalue weighted by Crippen LogP contribution is -2.30. The molecule has 3 unspecified atom stereocenters. The number of rotatable bonds is 4. The summed E-state index contributed by atoms with van der Waals surface area (Å²) in [5.74, 6) is 0.0139. The SMILES string of the molecule is O=C(Nc1cnn(Cc2cn3ccccc3n2)c1)C1CC2CCC1O2. The van der Waals surface area contributed by atoms with E-state index in [1.165, 1.54) is 0 Å². The fraction of sp³-hybridized carbons (Fsp3) is 0.389. The maximum atomic E-state index is 12.4. The van der Waals surface area contributed by atoms with Gasteiger partial charge in [-0.25, -0.2) is 4.98 Å². The van der Waals surface area contributed by atoms with Crippen LogP contribution in [0.15, 0.2) is 43.0 Å². The largest absolute Gasteiger partial charge is 0.374 e. The standard InChI is InChI=1S/C18H19N5O2/c24-18(15-7-14-4-5-16(15)25-14)21-12-8-19-23(10-12)11-13-9-22-6-2-1-3-17(22)20-13/h1-3,6,8-10,14-16H,4-5,7,11H2,(H,21,24). The minimum Gasteiger partial charge on any atom is -0.374 e. The second-order valence-corrected chi connectivity index (χ2v) is 6.83. The van der Waals surface area contributed by atoms with Crippen molar-refractivity contribution in [2.75, 3.05) is 5.32 Å². The van der Waals surface area contributed by atoms with Gasteiger partial charge in [-0.3, -0.25) is 9.48 Å². The van der Waals surface area contributed by atoms with Crippen LogP contribution in [0, 0.1) is 5.92 Å². The Hall–Kier alpha value is -2.67. The van der Waals surface area contributed by atoms with Gasteiger partial charge in [0.25, 0.3) is 0 Å². The summed E-state index contributed by atoms with van der Waals surface area (Å²) < 4.78 is 9.53. The fourth-order valence-corrected chi connectivity index (χ4v) is 3.89. The molecule has 0 radical (unpaired) electrons. The van der Waals surface area contributed by atoms with Crippen LogP contribution < -0.4 is 5.32 Å². The second kappa shape index (κ2) is 5.70. The molecule has 2 fully saturated rings. The molecule has 0 aliphatic carbocycles. The summed E-state index contributed by atoms with van der Waals surface area (Å²) >= 11 is 0. The monoisotopic (exact) mass is 337 g/mol. The maximum Gasteiger partial charge on any atom is 0.230 e. The van der Waals surface area contributed by atoms with Gasteiger partial charge in [-0.15, -0.1) is 0 Å². The minimum absolute atomic E-state index is 0.0273. The van der Waals surface area contributed by atoms with Gasteiger partial charge in [-0.1, -0.05) is 6.07 Å². The molecule has 0 spiro atoms. The van der Waals surface area contributed by atoms with E-state index in [0.717, 1.165) is 36.3 Å². The number of nitrogens with one attached hydrogen (secondary N) is 1. The molecule has 2 aliphatic heterocycles. The molecule has 3 atom stereocenters. The van der Waals surface area contributed by atoms with E-state index in [1.807, 2.05) is 41.2 Å². The zero-order chi connectivity index (χ0) is 16.8. The van der Waals surface area contributed by atoms with Gasteiger partial charge in [0.05, 0.1) is 42.2 Å². The summed E-state index contributed by atoms with van der Waals surface area (Å²) in [4.78, 5) is 17.0. The predicted octanol–water partition coefficient (Wildman–Crippen LogP) is 2.09. The number of imidazole rings is 1. The van der Waals surface area contributed by atoms with Gasteiger partial charge >= 0.3 is 0 Å². The predicted molar refractivity (Wildman–Crippen MR) is 91.2 cm³/mol. The fourth-order valence-electron chi connectivity index (χ4n) is 3.89. The molecule has 25 heavy (non-hydrogen) atoms. The first kappa shape index (κ1) is 14.7. The van der Waals surface area contributed by atoms with Gasteiger partial charge in [-0.2, -0.15) is 5.10 Å². The van der Waals surface area contributed by atoms with Crippen LogP contribution >= 0.6 is 0 Å². The van der Waals surface area contributed by atoms with Crippen LogP contribution in [-0.4, -0.2) is 37.3 Å². The molecule has 0 aromatic carbocycles. The van der Waals surface area contributed by atoms with Crippen molar-refractivity contribution in [2.45, 2.75) is 38.0 Å². The van der Waals surface area contributed by atoms with Crippen LogP contribution in [0.5, 0.6) is 0 Å². The van der Waals surface area contributed by atoms with Crippen molar-refractivity contribution in [1.29, 1.82) is 0 Å². The summed E-state index contributed by atoms with van der Waals surface area (Å²) in [6.45, 7) is 0.564. The molecule has 2 bridgehead atoms. The van der Waals surface area contributed by atoms with Crippen LogP contribution in [0.4, 0.5) is 5.69 Å². The lowest BCUT2D eigenvalue weighted by molar-refractivity contribution is -0.121. The number of nitrogens with zero attached hydrogens (tertiary/aromatic N) is 4. The highest BCUT2D eigenvalue weighted by Gasteiger charge is 2.44. The van der Waals surface area contributed by atoms with Crippen molar-refractivity contribution < 1.29 is 9.53 Å². The molecule has 2 aliphatic rings. The third-order valence-corrected chi connectivity index (χ3v) is 5.08. The molecule has 2 saturated heterocycles. The average molecular weight is 337 g/mol. The summed E-state index contributed by atoms with van der Waals surface area (Å²) in [5.41, 5.74) is 2.56. The first-order valence-electron chi connectivity index (χ1n) is 8.66. The zero-order valence-electron chi connectivity index (χ0n) is 13.7. The number of fused-ring (bicyclic) bond motifs is 3. The van der Waals surface area contributed by atoms with Crippen molar-refractivity contribution in [3.8, 4) is 0 Å². The lowest BCUT2D eigenvalue weighted by atomic mass is 9.88. The van der Waals surface area contributed by atoms with Crippen molar-refractivity contribution >= 4 is 17.2 Å². The summed E-state index contributed by atoms with van der Waals surface area (Å²) in [6, 6.07) is 5.90. The third kappa shape index (κ3) is 2.70. The van der Waals surface area contributed by atoms with Crippen LogP contribution in [0.25, 0.3) is 5.65 Å². The van der Waals surface area contributed by atoms with Gasteiger partial charge in [0.15, 0.2) is 0 Å². The van der Waals surface area contributed by atoms with E-state index < -0.39 is 0 Å². The quantitative estimate of drug-likeness (QED) is 0.791. The van der Waals surface area contributed by atoms with Crippen molar-refractivity contribution in [3.05, 3.63) is 48.7 Å². The number of pyridine rings is 1. The Labute approximate surface area is 144 Å². The summed E-state index contributed by atoms with van der Waals surface area (Å²) in [5, 5.41) is 7.30. The third-order valence-electron chi connectivity index (χ3n) is 5.08. The summed E-state index contributed by atoms with van der Waals surface area (Å²) in [6.07, 6.45) is 10.8. The first-order valence-corrected chi connectivity index (χ1v) is 8.66. The first-order chi connectivity index (χ1) is 12.2. The molecule has 5 rings (SSSR count). The molecule has 5 heterocycles. The normalized spacial score (nSPS) is 24.9. The Morgan fingerprint density at radius 3 is 3.08 bits per heavy atom. The molecule has 1 N–H and O–H groups in total. The van der Waals surface area contributed by atoms with Crippen LogP contribution in [0.2, 0.25) is 0 Å².